The van der Waals surface area contributed by atoms with Crippen molar-refractivity contribution in [3.05, 3.63) is 90.6 Å². The van der Waals surface area contributed by atoms with Gasteiger partial charge in [-0.3, -0.25) is 9.59 Å². The number of anilines is 1. The van der Waals surface area contributed by atoms with Crippen LogP contribution in [0, 0.1) is 0 Å². The Kier molecular flexibility index (Phi) is 5.78. The first-order valence-electron chi connectivity index (χ1n) is 10.9. The Morgan fingerprint density at radius 3 is 2.36 bits per heavy atom. The Morgan fingerprint density at radius 1 is 0.879 bits per heavy atom. The van der Waals surface area contributed by atoms with E-state index in [4.69, 9.17) is 0 Å². The van der Waals surface area contributed by atoms with Gasteiger partial charge < -0.3 is 10.3 Å². The maximum atomic E-state index is 12.9. The molecular weight excluding hydrogens is 414 g/mol. The van der Waals surface area contributed by atoms with Gasteiger partial charge in [-0.2, -0.15) is 10.2 Å². The molecule has 2 heterocycles. The van der Waals surface area contributed by atoms with Crippen LogP contribution in [0.15, 0.2) is 95.3 Å². The number of para-hydroxylation sites is 1. The Labute approximate surface area is 191 Å². The number of fused-ring (bicyclic) bond motifs is 1. The van der Waals surface area contributed by atoms with E-state index in [0.717, 1.165) is 17.6 Å². The zero-order chi connectivity index (χ0) is 22.6. The summed E-state index contributed by atoms with van der Waals surface area (Å²) in [7, 11) is 0. The summed E-state index contributed by atoms with van der Waals surface area (Å²) in [6, 6.07) is 24.0. The lowest BCUT2D eigenvalue weighted by Gasteiger charge is -2.15. The van der Waals surface area contributed by atoms with Crippen molar-refractivity contribution in [1.82, 2.24) is 10.3 Å². The summed E-state index contributed by atoms with van der Waals surface area (Å²) >= 11 is 0. The smallest absolute Gasteiger partial charge is 0.251 e. The molecule has 0 saturated carbocycles. The predicted molar refractivity (Wildman–Crippen MR) is 128 cm³/mol. The zero-order valence-corrected chi connectivity index (χ0v) is 17.9. The van der Waals surface area contributed by atoms with Crippen LogP contribution in [0.5, 0.6) is 0 Å². The third-order valence-corrected chi connectivity index (χ3v) is 5.75. The second kappa shape index (κ2) is 9.18. The summed E-state index contributed by atoms with van der Waals surface area (Å²) in [5, 5.41) is 12.8. The summed E-state index contributed by atoms with van der Waals surface area (Å²) < 4.78 is 0. The minimum atomic E-state index is -0.514. The van der Waals surface area contributed by atoms with Gasteiger partial charge in [-0.25, -0.2) is 4.90 Å². The lowest BCUT2D eigenvalue weighted by atomic mass is 10.1. The zero-order valence-electron chi connectivity index (χ0n) is 17.9. The fourth-order valence-electron chi connectivity index (χ4n) is 4.06. The minimum absolute atomic E-state index is 0.155. The molecule has 1 aromatic heterocycles. The molecule has 7 nitrogen and oxygen atoms in total. The van der Waals surface area contributed by atoms with Crippen LogP contribution >= 0.6 is 0 Å². The standard InChI is InChI=1S/C26H23N5O2/c32-25-16-24(27-15-14-18-17-28-23-9-5-4-8-22(18)23)26(33)31(25)21-12-10-20(11-13-21)30-29-19-6-2-1-3-7-19/h1-13,17,24,27-28H,14-16H2. The van der Waals surface area contributed by atoms with Crippen molar-refractivity contribution < 1.29 is 9.59 Å². The van der Waals surface area contributed by atoms with E-state index in [0.29, 0.717) is 17.9 Å². The molecule has 0 aliphatic carbocycles. The van der Waals surface area contributed by atoms with E-state index in [1.54, 1.807) is 24.3 Å². The molecule has 164 valence electrons. The van der Waals surface area contributed by atoms with E-state index in [2.05, 4.69) is 26.6 Å². The van der Waals surface area contributed by atoms with E-state index in [1.807, 2.05) is 54.7 Å². The summed E-state index contributed by atoms with van der Waals surface area (Å²) in [6.45, 7) is 0.609. The van der Waals surface area contributed by atoms with Crippen LogP contribution in [0.2, 0.25) is 0 Å². The van der Waals surface area contributed by atoms with Gasteiger partial charge in [-0.1, -0.05) is 36.4 Å². The average molecular weight is 438 g/mol. The largest absolute Gasteiger partial charge is 0.361 e. The van der Waals surface area contributed by atoms with Crippen LogP contribution in [-0.4, -0.2) is 29.4 Å². The number of carbonyl (C=O) groups is 2. The number of nitrogens with one attached hydrogen (secondary N) is 2. The van der Waals surface area contributed by atoms with Crippen molar-refractivity contribution in [2.45, 2.75) is 18.9 Å². The molecule has 33 heavy (non-hydrogen) atoms. The molecule has 7 heteroatoms. The first kappa shape index (κ1) is 20.8. The highest BCUT2D eigenvalue weighted by Crippen LogP contribution is 2.26. The Bertz CT molecular complexity index is 1310. The van der Waals surface area contributed by atoms with Crippen molar-refractivity contribution >= 4 is 39.8 Å². The molecule has 5 rings (SSSR count). The molecule has 1 aliphatic heterocycles. The van der Waals surface area contributed by atoms with Crippen LogP contribution in [0.25, 0.3) is 10.9 Å². The second-order valence-electron chi connectivity index (χ2n) is 7.94. The third-order valence-electron chi connectivity index (χ3n) is 5.75. The Balaban J connectivity index is 1.20. The molecule has 0 bridgehead atoms. The van der Waals surface area contributed by atoms with Crippen LogP contribution in [0.1, 0.15) is 12.0 Å². The van der Waals surface area contributed by atoms with Crippen molar-refractivity contribution in [2.24, 2.45) is 10.2 Å². The number of nitrogens with zero attached hydrogens (tertiary/aromatic N) is 3. The number of amides is 2. The molecule has 0 spiro atoms. The molecule has 1 fully saturated rings. The molecule has 2 amide bonds. The monoisotopic (exact) mass is 437 g/mol. The summed E-state index contributed by atoms with van der Waals surface area (Å²) in [5.41, 5.74) is 4.23. The maximum absolute atomic E-state index is 12.9. The van der Waals surface area contributed by atoms with Crippen LogP contribution < -0.4 is 10.2 Å². The molecule has 0 radical (unpaired) electrons. The van der Waals surface area contributed by atoms with Crippen LogP contribution in [0.4, 0.5) is 17.1 Å². The van der Waals surface area contributed by atoms with Gasteiger partial charge in [-0.05, 0) is 54.4 Å². The van der Waals surface area contributed by atoms with Crippen LogP contribution in [0.3, 0.4) is 0 Å². The SMILES string of the molecule is O=C1CC(NCCc2c[nH]c3ccccc23)C(=O)N1c1ccc(N=Nc2ccccc2)cc1. The number of aromatic nitrogens is 1. The van der Waals surface area contributed by atoms with Crippen molar-refractivity contribution in [3.63, 3.8) is 0 Å². The number of H-pyrrole nitrogens is 1. The highest BCUT2D eigenvalue weighted by Gasteiger charge is 2.39. The van der Waals surface area contributed by atoms with E-state index in [9.17, 15) is 9.59 Å². The number of benzene rings is 3. The highest BCUT2D eigenvalue weighted by atomic mass is 16.2. The van der Waals surface area contributed by atoms with Crippen molar-refractivity contribution in [1.29, 1.82) is 0 Å². The fourth-order valence-corrected chi connectivity index (χ4v) is 4.06. The number of hydrogen-bond acceptors (Lipinski definition) is 5. The number of azo groups is 1. The van der Waals surface area contributed by atoms with Gasteiger partial charge in [0.2, 0.25) is 5.91 Å². The normalized spacial score (nSPS) is 16.4. The quantitative estimate of drug-likeness (QED) is 0.313. The van der Waals surface area contributed by atoms with Gasteiger partial charge >= 0.3 is 0 Å². The topological polar surface area (TPSA) is 89.9 Å². The van der Waals surface area contributed by atoms with Gasteiger partial charge in [0.05, 0.1) is 29.5 Å². The van der Waals surface area contributed by atoms with E-state index in [1.165, 1.54) is 15.8 Å². The second-order valence-corrected chi connectivity index (χ2v) is 7.94. The molecule has 1 atom stereocenters. The van der Waals surface area contributed by atoms with Gasteiger partial charge in [0.15, 0.2) is 0 Å². The summed E-state index contributed by atoms with van der Waals surface area (Å²) in [5.74, 6) is -0.430. The van der Waals surface area contributed by atoms with E-state index < -0.39 is 6.04 Å². The summed E-state index contributed by atoms with van der Waals surface area (Å²) in [6.07, 6.45) is 2.92. The molecule has 4 aromatic rings. The third kappa shape index (κ3) is 4.44. The molecule has 1 saturated heterocycles. The highest BCUT2D eigenvalue weighted by molar-refractivity contribution is 6.22. The number of rotatable bonds is 7. The van der Waals surface area contributed by atoms with Gasteiger partial charge in [0.1, 0.15) is 0 Å². The first-order valence-corrected chi connectivity index (χ1v) is 10.9. The number of imide groups is 1. The maximum Gasteiger partial charge on any atom is 0.251 e. The minimum Gasteiger partial charge on any atom is -0.361 e. The molecular formula is C26H23N5O2. The number of hydrogen-bond donors (Lipinski definition) is 2. The molecule has 2 N–H and O–H groups in total. The summed E-state index contributed by atoms with van der Waals surface area (Å²) in [4.78, 5) is 30.0. The Hall–Kier alpha value is -4.10. The van der Waals surface area contributed by atoms with E-state index in [-0.39, 0.29) is 18.2 Å². The van der Waals surface area contributed by atoms with Crippen LogP contribution in [-0.2, 0) is 16.0 Å². The van der Waals surface area contributed by atoms with Gasteiger partial charge in [-0.15, -0.1) is 0 Å². The lowest BCUT2D eigenvalue weighted by Crippen LogP contribution is -2.39. The van der Waals surface area contributed by atoms with Crippen molar-refractivity contribution in [3.8, 4) is 0 Å². The van der Waals surface area contributed by atoms with Crippen molar-refractivity contribution in [2.75, 3.05) is 11.4 Å². The van der Waals surface area contributed by atoms with Gasteiger partial charge in [0, 0.05) is 23.6 Å². The number of carbonyl (C=O) groups excluding carboxylic acids is 2. The molecule has 1 unspecified atom stereocenters. The average Bonchev–Trinajstić information content (AvgIpc) is 3.39. The van der Waals surface area contributed by atoms with E-state index >= 15 is 0 Å². The predicted octanol–water partition coefficient (Wildman–Crippen LogP) is 5.05. The lowest BCUT2D eigenvalue weighted by molar-refractivity contribution is -0.121. The molecule has 1 aliphatic rings. The van der Waals surface area contributed by atoms with Gasteiger partial charge in [0.25, 0.3) is 5.91 Å². The number of aromatic amines is 1. The first-order chi connectivity index (χ1) is 16.2. The Morgan fingerprint density at radius 2 is 1.58 bits per heavy atom. The molecule has 3 aromatic carbocycles. The fraction of sp³-hybridized carbons (Fsp3) is 0.154.